The third-order valence-corrected chi connectivity index (χ3v) is 3.54. The van der Waals surface area contributed by atoms with Gasteiger partial charge in [-0.3, -0.25) is 4.40 Å². The molecule has 0 saturated carbocycles. The molecule has 0 unspecified atom stereocenters. The van der Waals surface area contributed by atoms with Crippen molar-refractivity contribution in [3.8, 4) is 0 Å². The van der Waals surface area contributed by atoms with Gasteiger partial charge in [-0.2, -0.15) is 0 Å². The van der Waals surface area contributed by atoms with E-state index in [1.165, 1.54) is 5.56 Å². The fraction of sp³-hybridized carbons (Fsp3) is 0.125. The zero-order valence-corrected chi connectivity index (χ0v) is 12.3. The molecule has 108 valence electrons. The van der Waals surface area contributed by atoms with Crippen LogP contribution in [-0.4, -0.2) is 24.6 Å². The van der Waals surface area contributed by atoms with Gasteiger partial charge in [-0.15, -0.1) is 10.2 Å². The van der Waals surface area contributed by atoms with E-state index in [2.05, 4.69) is 38.5 Å². The molecule has 0 aliphatic carbocycles. The molecular formula is C16H14N6. The SMILES string of the molecule is Cc1ccnc(Nc2nc3ccc(C)cc3n3cnnc23)c1. The first-order valence-corrected chi connectivity index (χ1v) is 7.00. The Kier molecular flexibility index (Phi) is 2.75. The van der Waals surface area contributed by atoms with Crippen LogP contribution in [0.3, 0.4) is 0 Å². The summed E-state index contributed by atoms with van der Waals surface area (Å²) in [7, 11) is 0. The van der Waals surface area contributed by atoms with Crippen LogP contribution in [0.1, 0.15) is 11.1 Å². The highest BCUT2D eigenvalue weighted by molar-refractivity contribution is 5.84. The van der Waals surface area contributed by atoms with Crippen LogP contribution in [0.25, 0.3) is 16.7 Å². The molecule has 0 aliphatic rings. The predicted octanol–water partition coefficient (Wildman–Crippen LogP) is 3.03. The molecule has 22 heavy (non-hydrogen) atoms. The van der Waals surface area contributed by atoms with Crippen LogP contribution in [0.4, 0.5) is 11.6 Å². The second kappa shape index (κ2) is 4.77. The average Bonchev–Trinajstić information content (AvgIpc) is 2.98. The second-order valence-corrected chi connectivity index (χ2v) is 5.32. The second-order valence-electron chi connectivity index (χ2n) is 5.32. The topological polar surface area (TPSA) is 68.0 Å². The van der Waals surface area contributed by atoms with Gasteiger partial charge >= 0.3 is 0 Å². The van der Waals surface area contributed by atoms with E-state index in [0.29, 0.717) is 11.5 Å². The minimum absolute atomic E-state index is 0.645. The first-order chi connectivity index (χ1) is 10.7. The van der Waals surface area contributed by atoms with E-state index in [-0.39, 0.29) is 0 Å². The van der Waals surface area contributed by atoms with Crippen molar-refractivity contribution in [2.45, 2.75) is 13.8 Å². The van der Waals surface area contributed by atoms with Crippen molar-refractivity contribution >= 4 is 28.3 Å². The highest BCUT2D eigenvalue weighted by atomic mass is 15.3. The molecule has 0 fully saturated rings. The first kappa shape index (κ1) is 12.7. The van der Waals surface area contributed by atoms with E-state index in [0.717, 1.165) is 22.4 Å². The van der Waals surface area contributed by atoms with Gasteiger partial charge in [-0.05, 0) is 49.2 Å². The number of anilines is 2. The van der Waals surface area contributed by atoms with Gasteiger partial charge in [0.2, 0.25) is 5.65 Å². The number of hydrogen-bond acceptors (Lipinski definition) is 5. The molecular weight excluding hydrogens is 276 g/mol. The first-order valence-electron chi connectivity index (χ1n) is 7.00. The summed E-state index contributed by atoms with van der Waals surface area (Å²) in [6, 6.07) is 10.0. The standard InChI is InChI=1S/C16H14N6/c1-10-3-4-12-13(7-10)22-9-18-21-16(22)15(19-12)20-14-8-11(2)5-6-17-14/h3-9H,1-2H3,(H,17,19,20). The number of nitrogens with one attached hydrogen (secondary N) is 1. The molecule has 0 atom stereocenters. The molecule has 0 aliphatic heterocycles. The Labute approximate surface area is 126 Å². The summed E-state index contributed by atoms with van der Waals surface area (Å²) in [4.78, 5) is 8.98. The lowest BCUT2D eigenvalue weighted by Gasteiger charge is -2.09. The van der Waals surface area contributed by atoms with Crippen LogP contribution < -0.4 is 5.32 Å². The van der Waals surface area contributed by atoms with Gasteiger partial charge in [-0.1, -0.05) is 6.07 Å². The minimum atomic E-state index is 0.645. The number of aryl methyl sites for hydroxylation is 2. The zero-order valence-electron chi connectivity index (χ0n) is 12.3. The van der Waals surface area contributed by atoms with Crippen LogP contribution >= 0.6 is 0 Å². The fourth-order valence-electron chi connectivity index (χ4n) is 2.47. The van der Waals surface area contributed by atoms with E-state index in [1.807, 2.05) is 35.6 Å². The van der Waals surface area contributed by atoms with Gasteiger partial charge in [-0.25, -0.2) is 9.97 Å². The number of aromatic nitrogens is 5. The van der Waals surface area contributed by atoms with Crippen molar-refractivity contribution in [3.63, 3.8) is 0 Å². The molecule has 4 aromatic rings. The van der Waals surface area contributed by atoms with E-state index in [1.54, 1.807) is 12.5 Å². The molecule has 1 aromatic carbocycles. The molecule has 3 heterocycles. The summed E-state index contributed by atoms with van der Waals surface area (Å²) >= 11 is 0. The van der Waals surface area contributed by atoms with Crippen LogP contribution in [0.5, 0.6) is 0 Å². The van der Waals surface area contributed by atoms with Crippen LogP contribution in [0, 0.1) is 13.8 Å². The fourth-order valence-corrected chi connectivity index (χ4v) is 2.47. The lowest BCUT2D eigenvalue weighted by molar-refractivity contribution is 1.11. The highest BCUT2D eigenvalue weighted by Gasteiger charge is 2.11. The Morgan fingerprint density at radius 2 is 1.91 bits per heavy atom. The molecule has 6 nitrogen and oxygen atoms in total. The van der Waals surface area contributed by atoms with Crippen molar-refractivity contribution in [1.82, 2.24) is 24.6 Å². The predicted molar refractivity (Wildman–Crippen MR) is 85.3 cm³/mol. The number of fused-ring (bicyclic) bond motifs is 3. The van der Waals surface area contributed by atoms with Crippen LogP contribution in [0.15, 0.2) is 42.9 Å². The Morgan fingerprint density at radius 1 is 1.05 bits per heavy atom. The summed E-state index contributed by atoms with van der Waals surface area (Å²) in [5.74, 6) is 1.39. The van der Waals surface area contributed by atoms with Crippen molar-refractivity contribution in [1.29, 1.82) is 0 Å². The van der Waals surface area contributed by atoms with E-state index >= 15 is 0 Å². The minimum Gasteiger partial charge on any atom is -0.322 e. The van der Waals surface area contributed by atoms with Gasteiger partial charge in [0.25, 0.3) is 0 Å². The van der Waals surface area contributed by atoms with E-state index in [4.69, 9.17) is 0 Å². The maximum atomic E-state index is 4.67. The third kappa shape index (κ3) is 2.05. The third-order valence-electron chi connectivity index (χ3n) is 3.54. The Morgan fingerprint density at radius 3 is 2.77 bits per heavy atom. The molecule has 0 radical (unpaired) electrons. The van der Waals surface area contributed by atoms with Crippen molar-refractivity contribution in [3.05, 3.63) is 54.0 Å². The molecule has 3 aromatic heterocycles. The monoisotopic (exact) mass is 290 g/mol. The number of hydrogen-bond donors (Lipinski definition) is 1. The number of rotatable bonds is 2. The van der Waals surface area contributed by atoms with Gasteiger partial charge in [0.15, 0.2) is 5.82 Å². The largest absolute Gasteiger partial charge is 0.322 e. The molecule has 6 heteroatoms. The lowest BCUT2D eigenvalue weighted by Crippen LogP contribution is -2.01. The normalized spacial score (nSPS) is 11.2. The van der Waals surface area contributed by atoms with Gasteiger partial charge in [0.05, 0.1) is 11.0 Å². The Bertz CT molecular complexity index is 988. The lowest BCUT2D eigenvalue weighted by atomic mass is 10.2. The van der Waals surface area contributed by atoms with Gasteiger partial charge in [0, 0.05) is 6.20 Å². The summed E-state index contributed by atoms with van der Waals surface area (Å²) < 4.78 is 1.94. The Hall–Kier alpha value is -3.02. The van der Waals surface area contributed by atoms with E-state index < -0.39 is 0 Å². The van der Waals surface area contributed by atoms with E-state index in [9.17, 15) is 0 Å². The van der Waals surface area contributed by atoms with Gasteiger partial charge in [0.1, 0.15) is 12.1 Å². The number of nitrogens with zero attached hydrogens (tertiary/aromatic N) is 5. The summed E-state index contributed by atoms with van der Waals surface area (Å²) in [6.45, 7) is 4.08. The number of benzene rings is 1. The average molecular weight is 290 g/mol. The highest BCUT2D eigenvalue weighted by Crippen LogP contribution is 2.23. The molecule has 1 N–H and O–H groups in total. The van der Waals surface area contributed by atoms with Gasteiger partial charge < -0.3 is 5.32 Å². The Balaban J connectivity index is 1.92. The van der Waals surface area contributed by atoms with Crippen LogP contribution in [0.2, 0.25) is 0 Å². The maximum absolute atomic E-state index is 4.67. The molecule has 0 amide bonds. The quantitative estimate of drug-likeness (QED) is 0.614. The molecule has 0 bridgehead atoms. The van der Waals surface area contributed by atoms with Crippen molar-refractivity contribution in [2.24, 2.45) is 0 Å². The zero-order chi connectivity index (χ0) is 15.1. The number of pyridine rings is 1. The maximum Gasteiger partial charge on any atom is 0.204 e. The van der Waals surface area contributed by atoms with Crippen LogP contribution in [-0.2, 0) is 0 Å². The summed E-state index contributed by atoms with van der Waals surface area (Å²) in [5, 5.41) is 11.4. The van der Waals surface area contributed by atoms with Crippen molar-refractivity contribution in [2.75, 3.05) is 5.32 Å². The molecule has 0 spiro atoms. The molecule has 4 rings (SSSR count). The summed E-state index contributed by atoms with van der Waals surface area (Å²) in [5.41, 5.74) is 4.86. The smallest absolute Gasteiger partial charge is 0.204 e. The van der Waals surface area contributed by atoms with Crippen molar-refractivity contribution < 1.29 is 0 Å². The molecule has 0 saturated heterocycles. The summed E-state index contributed by atoms with van der Waals surface area (Å²) in [6.07, 6.45) is 3.47.